The number of nitrogens with two attached hydrogens (primary N) is 2. The molecule has 4 rings (SSSR count). The summed E-state index contributed by atoms with van der Waals surface area (Å²) >= 11 is 0. The molecule has 0 amide bonds. The predicted molar refractivity (Wildman–Crippen MR) is 141 cm³/mol. The highest BCUT2D eigenvalue weighted by Crippen LogP contribution is 2.33. The average molecular weight is 500 g/mol. The van der Waals surface area contributed by atoms with Gasteiger partial charge in [-0.15, -0.1) is 0 Å². The van der Waals surface area contributed by atoms with Crippen molar-refractivity contribution in [2.24, 2.45) is 11.5 Å². The summed E-state index contributed by atoms with van der Waals surface area (Å²) in [6.07, 6.45) is 1.20. The van der Waals surface area contributed by atoms with E-state index >= 15 is 0 Å². The number of rotatable bonds is 10. The fraction of sp³-hybridized carbons (Fsp3) is 0.172. The third-order valence-corrected chi connectivity index (χ3v) is 6.62. The van der Waals surface area contributed by atoms with Gasteiger partial charge in [-0.25, -0.2) is 17.6 Å². The summed E-state index contributed by atoms with van der Waals surface area (Å²) in [6.45, 7) is 0. The molecule has 0 aliphatic heterocycles. The summed E-state index contributed by atoms with van der Waals surface area (Å²) < 4.78 is 59.1. The van der Waals surface area contributed by atoms with Crippen molar-refractivity contribution in [3.63, 3.8) is 0 Å². The Hall–Kier alpha value is -3.35. The van der Waals surface area contributed by atoms with Crippen LogP contribution >= 0.6 is 0 Å². The van der Waals surface area contributed by atoms with Crippen molar-refractivity contribution in [1.82, 2.24) is 0 Å². The second-order valence-electron chi connectivity index (χ2n) is 9.00. The van der Waals surface area contributed by atoms with Gasteiger partial charge >= 0.3 is 0 Å². The summed E-state index contributed by atoms with van der Waals surface area (Å²) in [5, 5.41) is 0. The highest BCUT2D eigenvalue weighted by atomic mass is 19.1. The lowest BCUT2D eigenvalue weighted by Gasteiger charge is -2.32. The molecule has 0 saturated carbocycles. The van der Waals surface area contributed by atoms with Crippen molar-refractivity contribution in [3.8, 4) is 0 Å². The van der Waals surface area contributed by atoms with Crippen LogP contribution in [0.5, 0.6) is 0 Å². The number of benzene rings is 4. The van der Waals surface area contributed by atoms with Gasteiger partial charge in [-0.2, -0.15) is 0 Å². The van der Waals surface area contributed by atoms with E-state index < -0.39 is 34.1 Å². The lowest BCUT2D eigenvalue weighted by molar-refractivity contribution is 0.552. The fourth-order valence-electron chi connectivity index (χ4n) is 4.69. The first kappa shape index (κ1) is 26.7. The minimum atomic E-state index is -1.52. The number of halogens is 4. The van der Waals surface area contributed by atoms with Gasteiger partial charge in [0.25, 0.3) is 0 Å². The van der Waals surface area contributed by atoms with E-state index in [1.165, 1.54) is 48.5 Å². The minimum absolute atomic E-state index is 0.148. The van der Waals surface area contributed by atoms with Crippen LogP contribution in [0, 0.1) is 23.3 Å². The quantitative estimate of drug-likeness (QED) is 0.162. The van der Waals surface area contributed by atoms with Gasteiger partial charge in [0, 0.05) is 33.1 Å². The molecule has 0 aliphatic rings. The van der Waals surface area contributed by atoms with E-state index in [-0.39, 0.29) is 22.3 Å². The Morgan fingerprint density at radius 3 is 0.946 bits per heavy atom. The minimum Gasteiger partial charge on any atom is -0.325 e. The highest BCUT2D eigenvalue weighted by Gasteiger charge is 2.36. The first-order valence-corrected chi connectivity index (χ1v) is 12.0. The standard InChI is InChI=1S/C29H26B2F4N2/c32-24-14-5-1-10-20(24)28(36,21-11-2-6-15-25(21)33)30-18-9-19-31-29(37,22-12-3-7-16-26(22)34)23-13-4-8-17-27(23)35/h1-8,10-17H,9,18-19,36-37H2. The fourth-order valence-corrected chi connectivity index (χ4v) is 4.69. The molecule has 37 heavy (non-hydrogen) atoms. The highest BCUT2D eigenvalue weighted by molar-refractivity contribution is 6.43. The molecule has 0 saturated heterocycles. The molecule has 0 aromatic heterocycles. The van der Waals surface area contributed by atoms with Crippen LogP contribution in [-0.4, -0.2) is 14.6 Å². The van der Waals surface area contributed by atoms with E-state index in [0.29, 0.717) is 19.1 Å². The van der Waals surface area contributed by atoms with Gasteiger partial charge in [-0.3, -0.25) is 0 Å². The van der Waals surface area contributed by atoms with Crippen molar-refractivity contribution in [2.75, 3.05) is 0 Å². The molecular weight excluding hydrogens is 474 g/mol. The zero-order chi connectivity index (χ0) is 26.5. The van der Waals surface area contributed by atoms with Crippen LogP contribution in [0.2, 0.25) is 12.6 Å². The third-order valence-electron chi connectivity index (χ3n) is 6.62. The molecule has 0 fully saturated rings. The maximum absolute atomic E-state index is 14.8. The zero-order valence-electron chi connectivity index (χ0n) is 20.2. The maximum atomic E-state index is 14.8. The van der Waals surface area contributed by atoms with Crippen molar-refractivity contribution >= 4 is 14.6 Å². The zero-order valence-corrected chi connectivity index (χ0v) is 20.2. The maximum Gasteiger partial charge on any atom is 0.149 e. The lowest BCUT2D eigenvalue weighted by atomic mass is 9.47. The molecule has 0 spiro atoms. The topological polar surface area (TPSA) is 52.0 Å². The summed E-state index contributed by atoms with van der Waals surface area (Å²) in [4.78, 5) is 0. The predicted octanol–water partition coefficient (Wildman–Crippen LogP) is 5.90. The van der Waals surface area contributed by atoms with E-state index in [0.717, 1.165) is 0 Å². The number of hydrogen-bond acceptors (Lipinski definition) is 2. The van der Waals surface area contributed by atoms with Gasteiger partial charge in [0.05, 0.1) is 0 Å². The van der Waals surface area contributed by atoms with Crippen LogP contribution in [0.15, 0.2) is 97.1 Å². The average Bonchev–Trinajstić information content (AvgIpc) is 2.89. The van der Waals surface area contributed by atoms with Gasteiger partial charge in [0.15, 0.2) is 0 Å². The summed E-state index contributed by atoms with van der Waals surface area (Å²) in [5.74, 6) is -2.18. The van der Waals surface area contributed by atoms with Gasteiger partial charge < -0.3 is 11.5 Å². The molecule has 2 nitrogen and oxygen atoms in total. The van der Waals surface area contributed by atoms with Crippen LogP contribution < -0.4 is 11.5 Å². The number of hydrogen-bond donors (Lipinski definition) is 2. The monoisotopic (exact) mass is 500 g/mol. The Bertz CT molecular complexity index is 1170. The molecule has 0 unspecified atom stereocenters. The Balaban J connectivity index is 1.55. The molecule has 0 aliphatic carbocycles. The van der Waals surface area contributed by atoms with E-state index in [4.69, 9.17) is 11.5 Å². The first-order valence-electron chi connectivity index (χ1n) is 12.0. The van der Waals surface area contributed by atoms with Crippen LogP contribution in [0.4, 0.5) is 17.6 Å². The van der Waals surface area contributed by atoms with E-state index in [1.54, 1.807) is 63.1 Å². The molecule has 0 bridgehead atoms. The van der Waals surface area contributed by atoms with Crippen molar-refractivity contribution in [1.29, 1.82) is 0 Å². The van der Waals surface area contributed by atoms with Crippen LogP contribution in [0.3, 0.4) is 0 Å². The Labute approximate surface area is 216 Å². The molecule has 4 aromatic rings. The largest absolute Gasteiger partial charge is 0.325 e. The van der Waals surface area contributed by atoms with Crippen molar-refractivity contribution < 1.29 is 17.6 Å². The second-order valence-corrected chi connectivity index (χ2v) is 9.00. The summed E-state index contributed by atoms with van der Waals surface area (Å²) in [6, 6.07) is 24.0. The Kier molecular flexibility index (Phi) is 8.20. The molecule has 8 heteroatoms. The Morgan fingerprint density at radius 1 is 0.459 bits per heavy atom. The van der Waals surface area contributed by atoms with E-state index in [9.17, 15) is 17.6 Å². The molecule has 0 heterocycles. The molecule has 186 valence electrons. The van der Waals surface area contributed by atoms with Crippen molar-refractivity contribution in [2.45, 2.75) is 29.9 Å². The van der Waals surface area contributed by atoms with Crippen LogP contribution in [0.1, 0.15) is 28.7 Å². The third kappa shape index (κ3) is 5.50. The van der Waals surface area contributed by atoms with E-state index in [1.807, 2.05) is 0 Å². The van der Waals surface area contributed by atoms with Crippen LogP contribution in [0.25, 0.3) is 0 Å². The smallest absolute Gasteiger partial charge is 0.149 e. The van der Waals surface area contributed by atoms with Crippen molar-refractivity contribution in [3.05, 3.63) is 143 Å². The first-order chi connectivity index (χ1) is 17.8. The molecule has 2 radical (unpaired) electrons. The second kappa shape index (κ2) is 11.4. The SMILES string of the molecule is NC([B]CCC[B]C(N)(c1ccccc1F)c1ccccc1F)(c1ccccc1F)c1ccccc1F. The lowest BCUT2D eigenvalue weighted by Crippen LogP contribution is -2.46. The van der Waals surface area contributed by atoms with Crippen LogP contribution in [-0.2, 0) is 10.9 Å². The Morgan fingerprint density at radius 2 is 0.703 bits per heavy atom. The van der Waals surface area contributed by atoms with Gasteiger partial charge in [0.2, 0.25) is 0 Å². The summed E-state index contributed by atoms with van der Waals surface area (Å²) in [7, 11) is 3.34. The van der Waals surface area contributed by atoms with E-state index in [2.05, 4.69) is 0 Å². The van der Waals surface area contributed by atoms with Gasteiger partial charge in [-0.1, -0.05) is 91.9 Å². The summed E-state index contributed by atoms with van der Waals surface area (Å²) in [5.41, 5.74) is 10.9. The molecule has 4 aromatic carbocycles. The van der Waals surface area contributed by atoms with Gasteiger partial charge in [0.1, 0.15) is 37.8 Å². The molecule has 0 atom stereocenters. The molecular formula is C29H26B2F4N2. The molecule has 4 N–H and O–H groups in total. The van der Waals surface area contributed by atoms with Gasteiger partial charge in [-0.05, 0) is 24.3 Å². The normalized spacial score (nSPS) is 11.8.